The van der Waals surface area contributed by atoms with Crippen LogP contribution in [-0.2, 0) is 19.0 Å². The van der Waals surface area contributed by atoms with Crippen molar-refractivity contribution >= 4 is 29.3 Å². The molecular weight excluding hydrogens is 531 g/mol. The second-order valence-corrected chi connectivity index (χ2v) is 10.9. The monoisotopic (exact) mass is 561 g/mol. The van der Waals surface area contributed by atoms with Crippen LogP contribution in [0.5, 0.6) is 0 Å². The Morgan fingerprint density at radius 1 is 1.03 bits per heavy atom. The number of anilines is 2. The molecule has 2 aromatic heterocycles. The molecule has 2 aliphatic rings. The van der Waals surface area contributed by atoms with Gasteiger partial charge in [-0.2, -0.15) is 18.2 Å². The number of carbonyl (C=O) groups excluding carboxylic acids is 1. The third kappa shape index (κ3) is 6.16. The zero-order valence-electron chi connectivity index (χ0n) is 21.9. The van der Waals surface area contributed by atoms with Crippen LogP contribution in [0.1, 0.15) is 65.9 Å². The van der Waals surface area contributed by atoms with Crippen molar-refractivity contribution in [1.29, 1.82) is 0 Å². The average molecular weight is 562 g/mol. The summed E-state index contributed by atoms with van der Waals surface area (Å²) in [5.41, 5.74) is 2.20. The van der Waals surface area contributed by atoms with E-state index in [9.17, 15) is 18.0 Å². The first kappa shape index (κ1) is 27.3. The Kier molecular flexibility index (Phi) is 7.75. The molecule has 2 aliphatic carbocycles. The molecule has 208 valence electrons. The van der Waals surface area contributed by atoms with E-state index in [1.165, 1.54) is 5.56 Å². The molecule has 1 saturated carbocycles. The molecule has 1 aromatic carbocycles. The maximum absolute atomic E-state index is 13.7. The second-order valence-electron chi connectivity index (χ2n) is 10.4. The van der Waals surface area contributed by atoms with Gasteiger partial charge in [0.15, 0.2) is 0 Å². The van der Waals surface area contributed by atoms with Gasteiger partial charge >= 0.3 is 6.18 Å². The van der Waals surface area contributed by atoms with E-state index >= 15 is 0 Å². The number of aryl methyl sites for hydroxylation is 1. The van der Waals surface area contributed by atoms with Gasteiger partial charge in [0.05, 0.1) is 11.3 Å². The minimum Gasteiger partial charge on any atom is -0.451 e. The normalized spacial score (nSPS) is 19.3. The van der Waals surface area contributed by atoms with Crippen LogP contribution in [0.15, 0.2) is 34.7 Å². The zero-order chi connectivity index (χ0) is 27.7. The van der Waals surface area contributed by atoms with E-state index in [0.29, 0.717) is 29.4 Å². The lowest BCUT2D eigenvalue weighted by Gasteiger charge is -2.30. The first-order valence-electron chi connectivity index (χ1n) is 13.2. The summed E-state index contributed by atoms with van der Waals surface area (Å²) in [5, 5.41) is 6.68. The van der Waals surface area contributed by atoms with Crippen molar-refractivity contribution in [1.82, 2.24) is 15.3 Å². The number of carbonyl (C=O) groups is 1. The van der Waals surface area contributed by atoms with Crippen molar-refractivity contribution in [2.75, 3.05) is 24.3 Å². The molecule has 0 saturated heterocycles. The summed E-state index contributed by atoms with van der Waals surface area (Å²) < 4.78 is 46.2. The molecule has 0 atom stereocenters. The number of nitrogens with one attached hydrogen (secondary N) is 2. The van der Waals surface area contributed by atoms with Gasteiger partial charge in [-0.3, -0.25) is 4.79 Å². The molecule has 0 spiro atoms. The van der Waals surface area contributed by atoms with Crippen molar-refractivity contribution in [3.63, 3.8) is 0 Å². The number of nitrogens with zero attached hydrogens (tertiary/aromatic N) is 3. The minimum absolute atomic E-state index is 0.0424. The van der Waals surface area contributed by atoms with Crippen LogP contribution in [0.25, 0.3) is 11.3 Å². The number of fused-ring (bicyclic) bond motifs is 1. The standard InChI is InChI=1S/C28H31ClF3N5O2/c1-37(2)25-20-5-3-4-6-22(20)35-27(36-25)34-19-13-11-18(12-14-19)33-26(38)21-15-23(39-24(21)28(30,31)32)16-7-9-17(29)10-8-16/h7-10,15,18-19H,3-6,11-14H2,1-2H3,(H,33,38)(H,34,35,36)/t18-,19+. The Morgan fingerprint density at radius 3 is 2.36 bits per heavy atom. The smallest absolute Gasteiger partial charge is 0.450 e. The van der Waals surface area contributed by atoms with Crippen LogP contribution in [0.4, 0.5) is 24.9 Å². The Hall–Kier alpha value is -3.27. The summed E-state index contributed by atoms with van der Waals surface area (Å²) in [7, 11) is 3.97. The van der Waals surface area contributed by atoms with Crippen molar-refractivity contribution in [3.8, 4) is 11.3 Å². The third-order valence-electron chi connectivity index (χ3n) is 7.34. The Morgan fingerprint density at radius 2 is 1.69 bits per heavy atom. The SMILES string of the molecule is CN(C)c1nc(N[C@H]2CC[C@@H](NC(=O)c3cc(-c4ccc(Cl)cc4)oc3C(F)(F)F)CC2)nc2c1CCCC2. The van der Waals surface area contributed by atoms with Crippen molar-refractivity contribution in [2.45, 2.75) is 69.6 Å². The lowest BCUT2D eigenvalue weighted by molar-refractivity contribution is -0.153. The zero-order valence-corrected chi connectivity index (χ0v) is 22.6. The highest BCUT2D eigenvalue weighted by molar-refractivity contribution is 6.30. The Balaban J connectivity index is 1.23. The van der Waals surface area contributed by atoms with Crippen LogP contribution < -0.4 is 15.5 Å². The molecule has 1 fully saturated rings. The van der Waals surface area contributed by atoms with Crippen LogP contribution in [0.3, 0.4) is 0 Å². The average Bonchev–Trinajstić information content (AvgIpc) is 3.36. The van der Waals surface area contributed by atoms with Crippen LogP contribution in [0, 0.1) is 0 Å². The highest BCUT2D eigenvalue weighted by atomic mass is 35.5. The maximum Gasteiger partial charge on any atom is 0.450 e. The summed E-state index contributed by atoms with van der Waals surface area (Å²) in [6.45, 7) is 0. The fourth-order valence-electron chi connectivity index (χ4n) is 5.36. The van der Waals surface area contributed by atoms with Crippen LogP contribution >= 0.6 is 11.6 Å². The summed E-state index contributed by atoms with van der Waals surface area (Å²) in [5.74, 6) is -0.589. The highest BCUT2D eigenvalue weighted by Gasteiger charge is 2.41. The summed E-state index contributed by atoms with van der Waals surface area (Å²) in [6.07, 6.45) is 2.10. The lowest BCUT2D eigenvalue weighted by atomic mass is 9.91. The van der Waals surface area contributed by atoms with Gasteiger partial charge in [0.2, 0.25) is 11.7 Å². The van der Waals surface area contributed by atoms with Gasteiger partial charge in [-0.15, -0.1) is 0 Å². The first-order valence-corrected chi connectivity index (χ1v) is 13.6. The van der Waals surface area contributed by atoms with Gasteiger partial charge < -0.3 is 20.0 Å². The molecule has 0 bridgehead atoms. The minimum atomic E-state index is -4.81. The number of benzene rings is 1. The molecule has 39 heavy (non-hydrogen) atoms. The Bertz CT molecular complexity index is 1330. The number of alkyl halides is 3. The fourth-order valence-corrected chi connectivity index (χ4v) is 5.49. The van der Waals surface area contributed by atoms with E-state index in [0.717, 1.165) is 56.1 Å². The number of amides is 1. The Labute approximate surface area is 230 Å². The molecule has 5 rings (SSSR count). The largest absolute Gasteiger partial charge is 0.451 e. The molecule has 7 nitrogen and oxygen atoms in total. The number of aromatic nitrogens is 2. The lowest BCUT2D eigenvalue weighted by Crippen LogP contribution is -2.40. The third-order valence-corrected chi connectivity index (χ3v) is 7.60. The molecule has 0 aliphatic heterocycles. The molecule has 2 N–H and O–H groups in total. The maximum atomic E-state index is 13.7. The van der Waals surface area contributed by atoms with Crippen LogP contribution in [-0.4, -0.2) is 42.1 Å². The summed E-state index contributed by atoms with van der Waals surface area (Å²) >= 11 is 5.88. The second kappa shape index (κ2) is 11.1. The highest BCUT2D eigenvalue weighted by Crippen LogP contribution is 2.38. The van der Waals surface area contributed by atoms with Gasteiger partial charge in [0.1, 0.15) is 11.6 Å². The van der Waals surface area contributed by atoms with E-state index in [2.05, 4.69) is 10.6 Å². The van der Waals surface area contributed by atoms with Crippen LogP contribution in [0.2, 0.25) is 5.02 Å². The summed E-state index contributed by atoms with van der Waals surface area (Å²) in [6, 6.07) is 7.21. The molecule has 0 radical (unpaired) electrons. The fraction of sp³-hybridized carbons (Fsp3) is 0.464. The molecular formula is C28H31ClF3N5O2. The number of furan rings is 1. The molecule has 1 amide bonds. The first-order chi connectivity index (χ1) is 18.6. The van der Waals surface area contributed by atoms with E-state index in [-0.39, 0.29) is 17.8 Å². The van der Waals surface area contributed by atoms with Gasteiger partial charge in [-0.05, 0) is 81.7 Å². The number of hydrogen-bond donors (Lipinski definition) is 2. The van der Waals surface area contributed by atoms with Gasteiger partial charge in [-0.1, -0.05) is 11.6 Å². The van der Waals surface area contributed by atoms with Crippen molar-refractivity contribution in [3.05, 3.63) is 57.9 Å². The van der Waals surface area contributed by atoms with E-state index < -0.39 is 23.4 Å². The van der Waals surface area contributed by atoms with E-state index in [4.69, 9.17) is 26.0 Å². The van der Waals surface area contributed by atoms with E-state index in [1.54, 1.807) is 24.3 Å². The summed E-state index contributed by atoms with van der Waals surface area (Å²) in [4.78, 5) is 24.5. The quantitative estimate of drug-likeness (QED) is 0.357. The molecule has 3 aromatic rings. The van der Waals surface area contributed by atoms with E-state index in [1.807, 2.05) is 19.0 Å². The topological polar surface area (TPSA) is 83.3 Å². The van der Waals surface area contributed by atoms with Gasteiger partial charge in [-0.25, -0.2) is 4.98 Å². The van der Waals surface area contributed by atoms with Gasteiger partial charge in [0, 0.05) is 42.3 Å². The predicted molar refractivity (Wildman–Crippen MR) is 144 cm³/mol. The number of halogens is 4. The van der Waals surface area contributed by atoms with Crippen molar-refractivity contribution < 1.29 is 22.4 Å². The molecule has 0 unspecified atom stereocenters. The van der Waals surface area contributed by atoms with Crippen molar-refractivity contribution in [2.24, 2.45) is 0 Å². The number of rotatable bonds is 6. The number of hydrogen-bond acceptors (Lipinski definition) is 6. The molecule has 2 heterocycles. The predicted octanol–water partition coefficient (Wildman–Crippen LogP) is 6.51. The van der Waals surface area contributed by atoms with Gasteiger partial charge in [0.25, 0.3) is 5.91 Å². The molecule has 11 heteroatoms.